The molecule has 0 heterocycles. The van der Waals surface area contributed by atoms with Gasteiger partial charge in [-0.1, -0.05) is 29.8 Å². The van der Waals surface area contributed by atoms with Gasteiger partial charge in [0.2, 0.25) is 0 Å². The minimum Gasteiger partial charge on any atom is -0.457 e. The maximum atomic E-state index is 12.6. The Kier molecular flexibility index (Phi) is 6.10. The van der Waals surface area contributed by atoms with Gasteiger partial charge in [0.25, 0.3) is 0 Å². The number of carbonyl (C=O) groups excluding carboxylic acids is 2. The molecule has 0 radical (unpaired) electrons. The van der Waals surface area contributed by atoms with Crippen molar-refractivity contribution in [3.63, 3.8) is 0 Å². The molecule has 0 bridgehead atoms. The van der Waals surface area contributed by atoms with Crippen LogP contribution in [0.4, 0.5) is 0 Å². The quantitative estimate of drug-likeness (QED) is 0.314. The molecule has 5 nitrogen and oxygen atoms in total. The highest BCUT2D eigenvalue weighted by atomic mass is 16.6. The minimum atomic E-state index is -0.112. The van der Waals surface area contributed by atoms with Crippen LogP contribution in [0.5, 0.6) is 17.2 Å². The van der Waals surface area contributed by atoms with Crippen molar-refractivity contribution in [2.75, 3.05) is 0 Å². The molecule has 0 aliphatic carbocycles. The summed E-state index contributed by atoms with van der Waals surface area (Å²) in [5.74, 6) is 6.63. The third kappa shape index (κ3) is 4.74. The molecule has 0 saturated heterocycles. The lowest BCUT2D eigenvalue weighted by molar-refractivity contribution is 0.103. The molecule has 2 N–H and O–H groups in total. The summed E-state index contributed by atoms with van der Waals surface area (Å²) in [6, 6.07) is 27.9. The molecule has 0 saturated carbocycles. The summed E-state index contributed by atoms with van der Waals surface area (Å²) in [6.45, 7) is 1.98. The van der Waals surface area contributed by atoms with Gasteiger partial charge in [-0.2, -0.15) is 5.90 Å². The first-order valence-corrected chi connectivity index (χ1v) is 10.0. The third-order valence-electron chi connectivity index (χ3n) is 5.04. The Morgan fingerprint density at radius 3 is 1.19 bits per heavy atom. The Bertz CT molecular complexity index is 1230. The molecule has 0 unspecified atom stereocenters. The lowest BCUT2D eigenvalue weighted by atomic mass is 10.0. The van der Waals surface area contributed by atoms with Crippen molar-refractivity contribution in [1.82, 2.24) is 0 Å². The first kappa shape index (κ1) is 21.0. The van der Waals surface area contributed by atoms with Crippen molar-refractivity contribution in [1.29, 1.82) is 0 Å². The zero-order valence-electron chi connectivity index (χ0n) is 17.4. The van der Waals surface area contributed by atoms with Crippen molar-refractivity contribution in [3.05, 3.63) is 125 Å². The maximum absolute atomic E-state index is 12.6. The van der Waals surface area contributed by atoms with Crippen LogP contribution in [0.1, 0.15) is 37.4 Å². The molecular formula is C27H21NO4. The summed E-state index contributed by atoms with van der Waals surface area (Å²) >= 11 is 0. The van der Waals surface area contributed by atoms with E-state index in [-0.39, 0.29) is 11.6 Å². The number of carbonyl (C=O) groups is 2. The number of benzene rings is 4. The SMILES string of the molecule is Cc1ccc(C(=O)c2ccc(Oc3ccc(C(=O)c4ccc(ON)cc4)cc3)cc2)cc1. The van der Waals surface area contributed by atoms with Gasteiger partial charge in [-0.3, -0.25) is 9.59 Å². The molecule has 4 aromatic rings. The second kappa shape index (κ2) is 9.29. The molecule has 0 aliphatic rings. The van der Waals surface area contributed by atoms with Gasteiger partial charge >= 0.3 is 0 Å². The molecule has 4 aromatic carbocycles. The fourth-order valence-corrected chi connectivity index (χ4v) is 3.21. The Morgan fingerprint density at radius 1 is 0.531 bits per heavy atom. The summed E-state index contributed by atoms with van der Waals surface area (Å²) in [6.07, 6.45) is 0. The van der Waals surface area contributed by atoms with Crippen LogP contribution in [-0.4, -0.2) is 11.6 Å². The van der Waals surface area contributed by atoms with Gasteiger partial charge in [0, 0.05) is 22.3 Å². The average molecular weight is 423 g/mol. The first-order valence-electron chi connectivity index (χ1n) is 10.0. The van der Waals surface area contributed by atoms with E-state index < -0.39 is 0 Å². The highest BCUT2D eigenvalue weighted by Crippen LogP contribution is 2.24. The standard InChI is InChI=1S/C27H21NO4/c1-18-2-4-19(5-3-18)26(29)20-6-12-23(13-7-20)31-24-14-8-21(9-15-24)27(30)22-10-16-25(32-28)17-11-22/h2-17H,28H2,1H3. The third-order valence-corrected chi connectivity index (χ3v) is 5.04. The van der Waals surface area contributed by atoms with Gasteiger partial charge in [0.1, 0.15) is 17.2 Å². The number of nitrogens with two attached hydrogens (primary N) is 1. The average Bonchev–Trinajstić information content (AvgIpc) is 2.85. The first-order chi connectivity index (χ1) is 15.5. The van der Waals surface area contributed by atoms with Crippen molar-refractivity contribution in [2.24, 2.45) is 5.90 Å². The zero-order valence-corrected chi connectivity index (χ0v) is 17.4. The van der Waals surface area contributed by atoms with E-state index in [0.29, 0.717) is 39.5 Å². The smallest absolute Gasteiger partial charge is 0.193 e. The largest absolute Gasteiger partial charge is 0.457 e. The van der Waals surface area contributed by atoms with Crippen molar-refractivity contribution < 1.29 is 19.2 Å². The van der Waals surface area contributed by atoms with Gasteiger partial charge in [-0.25, -0.2) is 0 Å². The molecule has 5 heteroatoms. The Labute approximate surface area is 186 Å². The van der Waals surface area contributed by atoms with E-state index in [2.05, 4.69) is 4.84 Å². The zero-order chi connectivity index (χ0) is 22.5. The molecule has 0 fully saturated rings. The molecule has 32 heavy (non-hydrogen) atoms. The van der Waals surface area contributed by atoms with E-state index in [1.54, 1.807) is 72.8 Å². The number of hydrogen-bond acceptors (Lipinski definition) is 5. The molecule has 0 amide bonds. The van der Waals surface area contributed by atoms with Crippen LogP contribution in [0.25, 0.3) is 0 Å². The molecule has 4 rings (SSSR count). The molecular weight excluding hydrogens is 402 g/mol. The van der Waals surface area contributed by atoms with E-state index in [9.17, 15) is 9.59 Å². The summed E-state index contributed by atoms with van der Waals surface area (Å²) in [4.78, 5) is 29.8. The van der Waals surface area contributed by atoms with E-state index in [0.717, 1.165) is 5.56 Å². The van der Waals surface area contributed by atoms with E-state index in [1.807, 2.05) is 31.2 Å². The molecule has 0 aliphatic heterocycles. The van der Waals surface area contributed by atoms with Gasteiger partial charge in [-0.05, 0) is 79.7 Å². The molecule has 158 valence electrons. The van der Waals surface area contributed by atoms with Crippen LogP contribution < -0.4 is 15.5 Å². The highest BCUT2D eigenvalue weighted by Gasteiger charge is 2.11. The predicted octanol–water partition coefficient (Wildman–Crippen LogP) is 5.50. The van der Waals surface area contributed by atoms with E-state index in [4.69, 9.17) is 10.6 Å². The second-order valence-corrected chi connectivity index (χ2v) is 7.32. The number of aryl methyl sites for hydroxylation is 1. The van der Waals surface area contributed by atoms with Gasteiger partial charge in [-0.15, -0.1) is 0 Å². The van der Waals surface area contributed by atoms with Crippen LogP contribution in [0.3, 0.4) is 0 Å². The van der Waals surface area contributed by atoms with E-state index in [1.165, 1.54) is 0 Å². The van der Waals surface area contributed by atoms with Gasteiger partial charge in [0.15, 0.2) is 11.6 Å². The Morgan fingerprint density at radius 2 is 0.844 bits per heavy atom. The van der Waals surface area contributed by atoms with Crippen LogP contribution in [0, 0.1) is 6.92 Å². The Balaban J connectivity index is 1.42. The summed E-state index contributed by atoms with van der Waals surface area (Å²) in [7, 11) is 0. The number of hydrogen-bond donors (Lipinski definition) is 1. The van der Waals surface area contributed by atoms with Crippen molar-refractivity contribution >= 4 is 11.6 Å². The normalized spacial score (nSPS) is 10.4. The van der Waals surface area contributed by atoms with Crippen LogP contribution in [0.2, 0.25) is 0 Å². The summed E-state index contributed by atoms with van der Waals surface area (Å²) < 4.78 is 5.85. The van der Waals surface area contributed by atoms with Crippen LogP contribution in [0.15, 0.2) is 97.1 Å². The van der Waals surface area contributed by atoms with E-state index >= 15 is 0 Å². The molecule has 0 atom stereocenters. The minimum absolute atomic E-state index is 0.0366. The van der Waals surface area contributed by atoms with Crippen molar-refractivity contribution in [2.45, 2.75) is 6.92 Å². The predicted molar refractivity (Wildman–Crippen MR) is 122 cm³/mol. The van der Waals surface area contributed by atoms with Crippen molar-refractivity contribution in [3.8, 4) is 17.2 Å². The summed E-state index contributed by atoms with van der Waals surface area (Å²) in [5, 5.41) is 0. The maximum Gasteiger partial charge on any atom is 0.193 e. The fourth-order valence-electron chi connectivity index (χ4n) is 3.21. The summed E-state index contributed by atoms with van der Waals surface area (Å²) in [5.41, 5.74) is 3.42. The fraction of sp³-hybridized carbons (Fsp3) is 0.0370. The van der Waals surface area contributed by atoms with Gasteiger partial charge < -0.3 is 9.57 Å². The number of ketones is 2. The number of ether oxygens (including phenoxy) is 1. The molecule has 0 spiro atoms. The van der Waals surface area contributed by atoms with Crippen LogP contribution in [-0.2, 0) is 0 Å². The second-order valence-electron chi connectivity index (χ2n) is 7.32. The monoisotopic (exact) mass is 423 g/mol. The lowest BCUT2D eigenvalue weighted by Gasteiger charge is -2.08. The van der Waals surface area contributed by atoms with Crippen LogP contribution >= 0.6 is 0 Å². The topological polar surface area (TPSA) is 78.6 Å². The lowest BCUT2D eigenvalue weighted by Crippen LogP contribution is -2.04. The Hall–Kier alpha value is -4.22. The highest BCUT2D eigenvalue weighted by molar-refractivity contribution is 6.09. The van der Waals surface area contributed by atoms with Gasteiger partial charge in [0.05, 0.1) is 0 Å². The molecule has 0 aromatic heterocycles. The number of rotatable bonds is 7.